The van der Waals surface area contributed by atoms with Crippen LogP contribution in [0.25, 0.3) is 0 Å². The minimum atomic E-state index is -0.434. The average Bonchev–Trinajstić information content (AvgIpc) is 2.54. The largest absolute Gasteiger partial charge is 0.455 e. The molecule has 0 aliphatic heterocycles. The van der Waals surface area contributed by atoms with E-state index in [1.165, 1.54) is 0 Å². The molecule has 0 radical (unpaired) electrons. The van der Waals surface area contributed by atoms with Crippen LogP contribution in [-0.4, -0.2) is 18.5 Å². The maximum absolute atomic E-state index is 11.9. The summed E-state index contributed by atoms with van der Waals surface area (Å²) in [5, 5.41) is 3.34. The second kappa shape index (κ2) is 8.34. The molecule has 2 rings (SSSR count). The van der Waals surface area contributed by atoms with Crippen molar-refractivity contribution in [2.75, 3.05) is 6.61 Å². The van der Waals surface area contributed by atoms with Crippen LogP contribution < -0.4 is 5.32 Å². The first-order valence-corrected chi connectivity index (χ1v) is 7.67. The summed E-state index contributed by atoms with van der Waals surface area (Å²) < 4.78 is 4.99. The summed E-state index contributed by atoms with van der Waals surface area (Å²) in [4.78, 5) is 23.6. The van der Waals surface area contributed by atoms with Crippen molar-refractivity contribution in [3.8, 4) is 0 Å². The molecule has 5 heteroatoms. The average molecular weight is 332 g/mol. The summed E-state index contributed by atoms with van der Waals surface area (Å²) in [6, 6.07) is 16.3. The quantitative estimate of drug-likeness (QED) is 0.826. The number of nitrogens with one attached hydrogen (secondary N) is 1. The van der Waals surface area contributed by atoms with Crippen LogP contribution >= 0.6 is 11.6 Å². The maximum Gasteiger partial charge on any atom is 0.310 e. The van der Waals surface area contributed by atoms with Gasteiger partial charge in [0.25, 0.3) is 5.91 Å². The molecule has 120 valence electrons. The second-order valence-electron chi connectivity index (χ2n) is 5.13. The monoisotopic (exact) mass is 331 g/mol. The number of carbonyl (C=O) groups is 2. The lowest BCUT2D eigenvalue weighted by Crippen LogP contribution is -2.31. The van der Waals surface area contributed by atoms with E-state index in [9.17, 15) is 9.59 Å². The molecule has 1 N–H and O–H groups in total. The lowest BCUT2D eigenvalue weighted by Gasteiger charge is -2.15. The van der Waals surface area contributed by atoms with Crippen LogP contribution in [0.5, 0.6) is 0 Å². The van der Waals surface area contributed by atoms with Crippen molar-refractivity contribution in [3.63, 3.8) is 0 Å². The van der Waals surface area contributed by atoms with Gasteiger partial charge >= 0.3 is 5.97 Å². The first-order valence-electron chi connectivity index (χ1n) is 7.29. The van der Waals surface area contributed by atoms with Crippen molar-refractivity contribution >= 4 is 23.5 Å². The minimum absolute atomic E-state index is 0.147. The Labute approximate surface area is 140 Å². The molecular formula is C18H18ClNO3. The molecule has 0 heterocycles. The van der Waals surface area contributed by atoms with E-state index in [0.717, 1.165) is 11.1 Å². The molecule has 1 atom stereocenters. The molecule has 0 aliphatic carbocycles. The Bertz CT molecular complexity index is 673. The van der Waals surface area contributed by atoms with Crippen molar-refractivity contribution < 1.29 is 14.3 Å². The number of rotatable bonds is 6. The summed E-state index contributed by atoms with van der Waals surface area (Å²) in [7, 11) is 0. The Morgan fingerprint density at radius 2 is 1.74 bits per heavy atom. The van der Waals surface area contributed by atoms with Crippen LogP contribution in [0.15, 0.2) is 54.6 Å². The lowest BCUT2D eigenvalue weighted by molar-refractivity contribution is -0.148. The van der Waals surface area contributed by atoms with Gasteiger partial charge in [-0.2, -0.15) is 0 Å². The van der Waals surface area contributed by atoms with Crippen molar-refractivity contribution in [1.29, 1.82) is 0 Å². The van der Waals surface area contributed by atoms with Gasteiger partial charge in [0.05, 0.1) is 12.5 Å². The number of amides is 1. The SMILES string of the molecule is C[C@H](NC(=O)COC(=O)Cc1ccccc1)c1ccccc1Cl. The molecule has 23 heavy (non-hydrogen) atoms. The molecule has 0 unspecified atom stereocenters. The van der Waals surface area contributed by atoms with E-state index < -0.39 is 5.97 Å². The zero-order chi connectivity index (χ0) is 16.7. The third-order valence-electron chi connectivity index (χ3n) is 3.30. The molecule has 1 amide bonds. The Kier molecular flexibility index (Phi) is 6.18. The standard InChI is InChI=1S/C18H18ClNO3/c1-13(15-9-5-6-10-16(15)19)20-17(21)12-23-18(22)11-14-7-3-2-4-8-14/h2-10,13H,11-12H2,1H3,(H,20,21)/t13-/m0/s1. The van der Waals surface area contributed by atoms with Crippen molar-refractivity contribution in [2.24, 2.45) is 0 Å². The number of carbonyl (C=O) groups excluding carboxylic acids is 2. The highest BCUT2D eigenvalue weighted by Gasteiger charge is 2.14. The highest BCUT2D eigenvalue weighted by Crippen LogP contribution is 2.21. The third kappa shape index (κ3) is 5.42. The van der Waals surface area contributed by atoms with Gasteiger partial charge in [0.2, 0.25) is 0 Å². The summed E-state index contributed by atoms with van der Waals surface area (Å²) in [5.74, 6) is -0.796. The lowest BCUT2D eigenvalue weighted by atomic mass is 10.1. The minimum Gasteiger partial charge on any atom is -0.455 e. The van der Waals surface area contributed by atoms with Crippen LogP contribution in [0.3, 0.4) is 0 Å². The molecule has 2 aromatic carbocycles. The van der Waals surface area contributed by atoms with Gasteiger partial charge in [-0.1, -0.05) is 60.1 Å². The predicted molar refractivity (Wildman–Crippen MR) is 89.1 cm³/mol. The number of ether oxygens (including phenoxy) is 1. The Balaban J connectivity index is 1.79. The van der Waals surface area contributed by atoms with Crippen LogP contribution in [0.4, 0.5) is 0 Å². The van der Waals surface area contributed by atoms with E-state index in [1.807, 2.05) is 55.5 Å². The number of benzene rings is 2. The molecule has 0 fully saturated rings. The number of esters is 1. The molecule has 4 nitrogen and oxygen atoms in total. The van der Waals surface area contributed by atoms with Gasteiger partial charge in [0, 0.05) is 5.02 Å². The van der Waals surface area contributed by atoms with Gasteiger partial charge in [0.15, 0.2) is 6.61 Å². The van der Waals surface area contributed by atoms with Crippen LogP contribution in [0, 0.1) is 0 Å². The van der Waals surface area contributed by atoms with Crippen LogP contribution in [0.2, 0.25) is 5.02 Å². The van der Waals surface area contributed by atoms with Gasteiger partial charge in [-0.05, 0) is 24.1 Å². The fourth-order valence-electron chi connectivity index (χ4n) is 2.15. The topological polar surface area (TPSA) is 55.4 Å². The summed E-state index contributed by atoms with van der Waals surface area (Å²) in [6.45, 7) is 1.52. The molecule has 0 bridgehead atoms. The number of halogens is 1. The molecule has 0 saturated carbocycles. The third-order valence-corrected chi connectivity index (χ3v) is 3.65. The number of hydrogen-bond donors (Lipinski definition) is 1. The van der Waals surface area contributed by atoms with Crippen molar-refractivity contribution in [2.45, 2.75) is 19.4 Å². The smallest absolute Gasteiger partial charge is 0.310 e. The van der Waals surface area contributed by atoms with Gasteiger partial charge in [-0.25, -0.2) is 0 Å². The molecule has 2 aromatic rings. The summed E-state index contributed by atoms with van der Waals surface area (Å²) >= 11 is 6.08. The molecule has 0 spiro atoms. The van der Waals surface area contributed by atoms with Crippen LogP contribution in [0.1, 0.15) is 24.1 Å². The van der Waals surface area contributed by atoms with E-state index in [0.29, 0.717) is 5.02 Å². The van der Waals surface area contributed by atoms with Gasteiger partial charge in [-0.3, -0.25) is 9.59 Å². The van der Waals surface area contributed by atoms with Crippen molar-refractivity contribution in [3.05, 3.63) is 70.7 Å². The highest BCUT2D eigenvalue weighted by molar-refractivity contribution is 6.31. The van der Waals surface area contributed by atoms with Gasteiger partial charge < -0.3 is 10.1 Å². The van der Waals surface area contributed by atoms with E-state index in [-0.39, 0.29) is 25.0 Å². The van der Waals surface area contributed by atoms with Gasteiger partial charge in [-0.15, -0.1) is 0 Å². The second-order valence-corrected chi connectivity index (χ2v) is 5.54. The number of hydrogen-bond acceptors (Lipinski definition) is 3. The molecular weight excluding hydrogens is 314 g/mol. The normalized spacial score (nSPS) is 11.6. The van der Waals surface area contributed by atoms with E-state index in [2.05, 4.69) is 5.32 Å². The molecule has 0 aromatic heterocycles. The van der Waals surface area contributed by atoms with Gasteiger partial charge in [0.1, 0.15) is 0 Å². The van der Waals surface area contributed by atoms with Crippen molar-refractivity contribution in [1.82, 2.24) is 5.32 Å². The first-order chi connectivity index (χ1) is 11.1. The fourth-order valence-corrected chi connectivity index (χ4v) is 2.45. The Morgan fingerprint density at radius 1 is 1.09 bits per heavy atom. The fraction of sp³-hybridized carbons (Fsp3) is 0.222. The van der Waals surface area contributed by atoms with E-state index >= 15 is 0 Å². The van der Waals surface area contributed by atoms with Crippen LogP contribution in [-0.2, 0) is 20.7 Å². The van der Waals surface area contributed by atoms with E-state index in [4.69, 9.17) is 16.3 Å². The Morgan fingerprint density at radius 3 is 2.43 bits per heavy atom. The molecule has 0 saturated heterocycles. The first kappa shape index (κ1) is 17.0. The summed E-state index contributed by atoms with van der Waals surface area (Å²) in [6.07, 6.45) is 0.147. The maximum atomic E-state index is 11.9. The zero-order valence-electron chi connectivity index (χ0n) is 12.8. The molecule has 0 aliphatic rings. The zero-order valence-corrected chi connectivity index (χ0v) is 13.5. The van der Waals surface area contributed by atoms with E-state index in [1.54, 1.807) is 6.07 Å². The predicted octanol–water partition coefficient (Wildman–Crippen LogP) is 3.30. The summed E-state index contributed by atoms with van der Waals surface area (Å²) in [5.41, 5.74) is 1.67. The Hall–Kier alpha value is -2.33. The highest BCUT2D eigenvalue weighted by atomic mass is 35.5.